The molecule has 0 amide bonds. The smallest absolute Gasteiger partial charge is 0.224 e. The second-order valence-electron chi connectivity index (χ2n) is 4.34. The van der Waals surface area contributed by atoms with Crippen molar-refractivity contribution in [1.82, 2.24) is 9.97 Å². The summed E-state index contributed by atoms with van der Waals surface area (Å²) in [6.45, 7) is 6.53. The van der Waals surface area contributed by atoms with E-state index in [4.69, 9.17) is 0 Å². The number of hydrogen-bond acceptors (Lipinski definition) is 4. The van der Waals surface area contributed by atoms with Crippen LogP contribution in [-0.2, 0) is 0 Å². The van der Waals surface area contributed by atoms with E-state index in [1.807, 2.05) is 20.8 Å². The third kappa shape index (κ3) is 3.19. The van der Waals surface area contributed by atoms with Gasteiger partial charge in [-0.2, -0.15) is 4.98 Å². The number of aryl methyl sites for hydroxylation is 2. The molecule has 1 heterocycles. The molecule has 0 saturated carbocycles. The molecular formula is C14H17FN4. The average molecular weight is 260 g/mol. The molecule has 4 nitrogen and oxygen atoms in total. The second-order valence-corrected chi connectivity index (χ2v) is 4.34. The number of benzene rings is 1. The Kier molecular flexibility index (Phi) is 3.94. The first-order valence-corrected chi connectivity index (χ1v) is 6.21. The maximum atomic E-state index is 13.1. The number of hydrogen-bond donors (Lipinski definition) is 2. The minimum absolute atomic E-state index is 0.240. The molecule has 0 spiro atoms. The molecule has 19 heavy (non-hydrogen) atoms. The molecule has 2 aromatic rings. The van der Waals surface area contributed by atoms with Gasteiger partial charge in [0.25, 0.3) is 0 Å². The van der Waals surface area contributed by atoms with Gasteiger partial charge in [-0.15, -0.1) is 0 Å². The summed E-state index contributed by atoms with van der Waals surface area (Å²) in [4.78, 5) is 8.58. The normalized spacial score (nSPS) is 10.3. The van der Waals surface area contributed by atoms with E-state index in [1.165, 1.54) is 12.1 Å². The number of halogens is 1. The van der Waals surface area contributed by atoms with Crippen LogP contribution in [0.25, 0.3) is 0 Å². The summed E-state index contributed by atoms with van der Waals surface area (Å²) < 4.78 is 13.1. The summed E-state index contributed by atoms with van der Waals surface area (Å²) in [5.74, 6) is 1.06. The first-order valence-electron chi connectivity index (χ1n) is 6.21. The zero-order valence-corrected chi connectivity index (χ0v) is 11.3. The van der Waals surface area contributed by atoms with Gasteiger partial charge in [0.2, 0.25) is 5.95 Å². The minimum atomic E-state index is -0.240. The van der Waals surface area contributed by atoms with Crippen LogP contribution in [0.1, 0.15) is 18.1 Å². The topological polar surface area (TPSA) is 49.8 Å². The van der Waals surface area contributed by atoms with Crippen molar-refractivity contribution in [1.29, 1.82) is 0 Å². The van der Waals surface area contributed by atoms with Crippen LogP contribution in [-0.4, -0.2) is 16.5 Å². The van der Waals surface area contributed by atoms with Crippen molar-refractivity contribution in [3.05, 3.63) is 41.3 Å². The molecule has 0 fully saturated rings. The van der Waals surface area contributed by atoms with Crippen LogP contribution in [0.15, 0.2) is 24.4 Å². The van der Waals surface area contributed by atoms with Crippen LogP contribution in [0.5, 0.6) is 0 Å². The molecule has 0 unspecified atom stereocenters. The molecule has 0 atom stereocenters. The standard InChI is InChI=1S/C14H17FN4/c1-4-16-14-17-8-10(3)13(19-14)18-12-6-5-11(15)7-9(12)2/h5-8H,4H2,1-3H3,(H2,16,17,18,19). The zero-order valence-electron chi connectivity index (χ0n) is 11.3. The van der Waals surface area contributed by atoms with E-state index in [2.05, 4.69) is 20.6 Å². The van der Waals surface area contributed by atoms with Crippen LogP contribution in [0.4, 0.5) is 21.8 Å². The number of anilines is 3. The molecule has 2 N–H and O–H groups in total. The highest BCUT2D eigenvalue weighted by Crippen LogP contribution is 2.22. The lowest BCUT2D eigenvalue weighted by Gasteiger charge is -2.12. The lowest BCUT2D eigenvalue weighted by atomic mass is 10.2. The molecule has 2 rings (SSSR count). The van der Waals surface area contributed by atoms with Crippen molar-refractivity contribution < 1.29 is 4.39 Å². The highest BCUT2D eigenvalue weighted by molar-refractivity contribution is 5.63. The Labute approximate surface area is 112 Å². The van der Waals surface area contributed by atoms with Gasteiger partial charge in [-0.3, -0.25) is 0 Å². The third-order valence-electron chi connectivity index (χ3n) is 2.75. The van der Waals surface area contributed by atoms with E-state index in [0.717, 1.165) is 29.2 Å². The maximum Gasteiger partial charge on any atom is 0.224 e. The molecule has 100 valence electrons. The number of nitrogens with one attached hydrogen (secondary N) is 2. The average Bonchev–Trinajstić information content (AvgIpc) is 2.37. The summed E-state index contributed by atoms with van der Waals surface area (Å²) >= 11 is 0. The van der Waals surface area contributed by atoms with Gasteiger partial charge in [-0.25, -0.2) is 9.37 Å². The highest BCUT2D eigenvalue weighted by Gasteiger charge is 2.06. The van der Waals surface area contributed by atoms with Crippen LogP contribution < -0.4 is 10.6 Å². The number of aromatic nitrogens is 2. The monoisotopic (exact) mass is 260 g/mol. The van der Waals surface area contributed by atoms with Gasteiger partial charge in [0, 0.05) is 24.0 Å². The van der Waals surface area contributed by atoms with Gasteiger partial charge < -0.3 is 10.6 Å². The molecule has 0 aliphatic heterocycles. The molecule has 1 aromatic heterocycles. The Hall–Kier alpha value is -2.17. The fraction of sp³-hybridized carbons (Fsp3) is 0.286. The van der Waals surface area contributed by atoms with E-state index in [9.17, 15) is 4.39 Å². The van der Waals surface area contributed by atoms with Crippen molar-refractivity contribution in [2.75, 3.05) is 17.2 Å². The van der Waals surface area contributed by atoms with Crippen molar-refractivity contribution in [2.24, 2.45) is 0 Å². The fourth-order valence-corrected chi connectivity index (χ4v) is 1.71. The van der Waals surface area contributed by atoms with Gasteiger partial charge in [0.15, 0.2) is 0 Å². The molecule has 0 aliphatic rings. The van der Waals surface area contributed by atoms with E-state index in [0.29, 0.717) is 5.95 Å². The molecule has 0 aliphatic carbocycles. The Morgan fingerprint density at radius 3 is 2.68 bits per heavy atom. The largest absolute Gasteiger partial charge is 0.354 e. The summed E-state index contributed by atoms with van der Waals surface area (Å²) in [6, 6.07) is 4.63. The molecule has 0 bridgehead atoms. The van der Waals surface area contributed by atoms with Crippen molar-refractivity contribution in [2.45, 2.75) is 20.8 Å². The van der Waals surface area contributed by atoms with Crippen molar-refractivity contribution in [3.8, 4) is 0 Å². The SMILES string of the molecule is CCNc1ncc(C)c(Nc2ccc(F)cc2C)n1. The van der Waals surface area contributed by atoms with Crippen LogP contribution in [0.3, 0.4) is 0 Å². The fourth-order valence-electron chi connectivity index (χ4n) is 1.71. The van der Waals surface area contributed by atoms with Gasteiger partial charge in [0.05, 0.1) is 0 Å². The minimum Gasteiger partial charge on any atom is -0.354 e. The third-order valence-corrected chi connectivity index (χ3v) is 2.75. The predicted molar refractivity (Wildman–Crippen MR) is 75.4 cm³/mol. The lowest BCUT2D eigenvalue weighted by Crippen LogP contribution is -2.06. The van der Waals surface area contributed by atoms with Gasteiger partial charge >= 0.3 is 0 Å². The summed E-state index contributed by atoms with van der Waals surface area (Å²) in [5, 5.41) is 6.27. The number of rotatable bonds is 4. The van der Waals surface area contributed by atoms with Gasteiger partial charge in [0.1, 0.15) is 11.6 Å². The zero-order chi connectivity index (χ0) is 13.8. The van der Waals surface area contributed by atoms with Gasteiger partial charge in [-0.1, -0.05) is 0 Å². The molecule has 0 radical (unpaired) electrons. The Balaban J connectivity index is 2.29. The van der Waals surface area contributed by atoms with E-state index < -0.39 is 0 Å². The van der Waals surface area contributed by atoms with Crippen LogP contribution in [0, 0.1) is 19.7 Å². The molecule has 0 saturated heterocycles. The van der Waals surface area contributed by atoms with Gasteiger partial charge in [-0.05, 0) is 44.5 Å². The Morgan fingerprint density at radius 2 is 2.00 bits per heavy atom. The van der Waals surface area contributed by atoms with Crippen LogP contribution >= 0.6 is 0 Å². The lowest BCUT2D eigenvalue weighted by molar-refractivity contribution is 0.627. The highest BCUT2D eigenvalue weighted by atomic mass is 19.1. The molecule has 5 heteroatoms. The molecule has 1 aromatic carbocycles. The van der Waals surface area contributed by atoms with Crippen molar-refractivity contribution in [3.63, 3.8) is 0 Å². The first-order chi connectivity index (χ1) is 9.10. The summed E-state index contributed by atoms with van der Waals surface area (Å²) in [6.07, 6.45) is 1.76. The predicted octanol–water partition coefficient (Wildman–Crippen LogP) is 3.41. The second kappa shape index (κ2) is 5.65. The number of nitrogens with zero attached hydrogens (tertiary/aromatic N) is 2. The first kappa shape index (κ1) is 13.3. The molecular weight excluding hydrogens is 243 g/mol. The Morgan fingerprint density at radius 1 is 1.21 bits per heavy atom. The Bertz CT molecular complexity index is 584. The summed E-state index contributed by atoms with van der Waals surface area (Å²) in [7, 11) is 0. The summed E-state index contributed by atoms with van der Waals surface area (Å²) in [5.41, 5.74) is 2.61. The van der Waals surface area contributed by atoms with Crippen LogP contribution in [0.2, 0.25) is 0 Å². The quantitative estimate of drug-likeness (QED) is 0.884. The van der Waals surface area contributed by atoms with Crippen molar-refractivity contribution >= 4 is 17.5 Å². The van der Waals surface area contributed by atoms with E-state index >= 15 is 0 Å². The van der Waals surface area contributed by atoms with E-state index in [-0.39, 0.29) is 5.82 Å². The maximum absolute atomic E-state index is 13.1. The van der Waals surface area contributed by atoms with E-state index in [1.54, 1.807) is 12.3 Å².